The predicted octanol–water partition coefficient (Wildman–Crippen LogP) is 3.22. The van der Waals surface area contributed by atoms with Crippen molar-refractivity contribution < 1.29 is 9.47 Å². The monoisotopic (exact) mass is 391 g/mol. The minimum Gasteiger partial charge on any atom is -0.475 e. The molecule has 27 heavy (non-hydrogen) atoms. The molecule has 0 radical (unpaired) electrons. The number of aryl methyl sites for hydroxylation is 2. The zero-order valence-corrected chi connectivity index (χ0v) is 15.9. The first-order chi connectivity index (χ1) is 13.2. The molecule has 9 nitrogen and oxygen atoms in total. The Kier molecular flexibility index (Phi) is 5.40. The molecule has 0 spiro atoms. The summed E-state index contributed by atoms with van der Waals surface area (Å²) in [5, 5.41) is 15.6. The summed E-state index contributed by atoms with van der Waals surface area (Å²) >= 11 is 6.11. The second kappa shape index (κ2) is 8.10. The Hall–Kier alpha value is -2.39. The van der Waals surface area contributed by atoms with Crippen molar-refractivity contribution in [2.45, 2.75) is 39.2 Å². The van der Waals surface area contributed by atoms with Gasteiger partial charge in [0.2, 0.25) is 5.95 Å². The number of fused-ring (bicyclic) bond motifs is 2. The average Bonchev–Trinajstić information content (AvgIpc) is 3.20. The number of aromatic amines is 1. The van der Waals surface area contributed by atoms with Crippen LogP contribution in [-0.4, -0.2) is 49.8 Å². The van der Waals surface area contributed by atoms with Crippen LogP contribution in [0.1, 0.15) is 31.4 Å². The van der Waals surface area contributed by atoms with Crippen LogP contribution in [0, 0.1) is 6.92 Å². The predicted molar refractivity (Wildman–Crippen MR) is 102 cm³/mol. The molecule has 0 saturated carbocycles. The van der Waals surface area contributed by atoms with E-state index in [2.05, 4.69) is 30.6 Å². The zero-order valence-electron chi connectivity index (χ0n) is 15.2. The molecule has 1 saturated heterocycles. The minimum atomic E-state index is 0.412. The summed E-state index contributed by atoms with van der Waals surface area (Å²) in [6, 6.07) is 0. The Morgan fingerprint density at radius 2 is 2.00 bits per heavy atom. The van der Waals surface area contributed by atoms with E-state index in [-0.39, 0.29) is 0 Å². The maximum atomic E-state index is 6.11. The van der Waals surface area contributed by atoms with Crippen molar-refractivity contribution in [3.8, 4) is 5.88 Å². The molecule has 2 bridgehead atoms. The molecular weight excluding hydrogens is 370 g/mol. The van der Waals surface area contributed by atoms with Gasteiger partial charge in [0, 0.05) is 32.4 Å². The number of anilines is 2. The lowest BCUT2D eigenvalue weighted by atomic mass is 10.2. The number of ether oxygens (including phenoxy) is 2. The first-order valence-corrected chi connectivity index (χ1v) is 9.52. The first-order valence-electron chi connectivity index (χ1n) is 9.14. The van der Waals surface area contributed by atoms with Crippen molar-refractivity contribution in [3.63, 3.8) is 0 Å². The third-order valence-corrected chi connectivity index (χ3v) is 4.70. The van der Waals surface area contributed by atoms with Crippen LogP contribution >= 0.6 is 11.6 Å². The molecule has 2 N–H and O–H groups in total. The van der Waals surface area contributed by atoms with Gasteiger partial charge < -0.3 is 14.8 Å². The van der Waals surface area contributed by atoms with E-state index in [1.807, 2.05) is 6.92 Å². The summed E-state index contributed by atoms with van der Waals surface area (Å²) in [7, 11) is 0. The van der Waals surface area contributed by atoms with Gasteiger partial charge in [0.1, 0.15) is 5.69 Å². The van der Waals surface area contributed by atoms with E-state index >= 15 is 0 Å². The van der Waals surface area contributed by atoms with Gasteiger partial charge in [0.25, 0.3) is 5.88 Å². The largest absolute Gasteiger partial charge is 0.475 e. The van der Waals surface area contributed by atoms with Gasteiger partial charge in [0.05, 0.1) is 17.7 Å². The highest BCUT2D eigenvalue weighted by Gasteiger charge is 2.17. The Morgan fingerprint density at radius 1 is 1.15 bits per heavy atom. The van der Waals surface area contributed by atoms with E-state index in [0.717, 1.165) is 36.4 Å². The van der Waals surface area contributed by atoms with Crippen LogP contribution in [0.3, 0.4) is 0 Å². The van der Waals surface area contributed by atoms with Gasteiger partial charge in [-0.2, -0.15) is 10.1 Å². The van der Waals surface area contributed by atoms with E-state index in [9.17, 15) is 0 Å². The van der Waals surface area contributed by atoms with Crippen LogP contribution in [0.2, 0.25) is 5.15 Å². The van der Waals surface area contributed by atoms with Gasteiger partial charge in [-0.1, -0.05) is 11.6 Å². The van der Waals surface area contributed by atoms with Crippen molar-refractivity contribution in [2.24, 2.45) is 0 Å². The number of rotatable bonds is 0. The van der Waals surface area contributed by atoms with Crippen LogP contribution < -0.4 is 10.1 Å². The van der Waals surface area contributed by atoms with Gasteiger partial charge in [-0.15, -0.1) is 5.10 Å². The standard InChI is InChI=1S/C12H12ClN7O.C5H10O/c1-6-8-11(18-17-6)21-4-2-3-20-10-7(9(13)19-20)5-14-12(15-8)16-10;1-2-4-6-5-3-1/h5H,2-4H2,1H3,(H,17,18)(H,14,15,16);1-5H2. The summed E-state index contributed by atoms with van der Waals surface area (Å²) in [4.78, 5) is 8.77. The fourth-order valence-electron chi connectivity index (χ4n) is 2.98. The third-order valence-electron chi connectivity index (χ3n) is 4.43. The average molecular weight is 392 g/mol. The van der Waals surface area contributed by atoms with E-state index in [4.69, 9.17) is 21.1 Å². The maximum Gasteiger partial charge on any atom is 0.256 e. The second-order valence-corrected chi connectivity index (χ2v) is 6.83. The Labute approximate surface area is 161 Å². The van der Waals surface area contributed by atoms with E-state index in [0.29, 0.717) is 35.8 Å². The quantitative estimate of drug-likeness (QED) is 0.606. The zero-order chi connectivity index (χ0) is 18.6. The number of nitrogens with one attached hydrogen (secondary N) is 2. The van der Waals surface area contributed by atoms with Crippen molar-refractivity contribution in [1.82, 2.24) is 29.9 Å². The molecule has 144 valence electrons. The SMILES string of the molecule is C1CCOCC1.Cc1[nH]nc2c1Nc1ncc3c(Cl)nn(c3n1)CCCO2. The molecule has 3 aromatic rings. The number of hydrogen-bond acceptors (Lipinski definition) is 7. The van der Waals surface area contributed by atoms with E-state index in [1.165, 1.54) is 19.3 Å². The highest BCUT2D eigenvalue weighted by molar-refractivity contribution is 6.34. The van der Waals surface area contributed by atoms with Crippen LogP contribution in [0.15, 0.2) is 6.20 Å². The number of nitrogens with zero attached hydrogens (tertiary/aromatic N) is 5. The molecule has 5 rings (SSSR count). The number of aromatic nitrogens is 6. The molecular formula is C17H22ClN7O2. The summed E-state index contributed by atoms with van der Waals surface area (Å²) in [5.74, 6) is 0.977. The molecule has 0 aromatic carbocycles. The van der Waals surface area contributed by atoms with Crippen molar-refractivity contribution in [1.29, 1.82) is 0 Å². The lowest BCUT2D eigenvalue weighted by Crippen LogP contribution is -2.06. The van der Waals surface area contributed by atoms with Crippen LogP contribution in [0.25, 0.3) is 11.0 Å². The molecule has 0 amide bonds. The van der Waals surface area contributed by atoms with Gasteiger partial charge in [-0.3, -0.25) is 5.10 Å². The Morgan fingerprint density at radius 3 is 2.74 bits per heavy atom. The van der Waals surface area contributed by atoms with Gasteiger partial charge in [-0.05, 0) is 26.2 Å². The summed E-state index contributed by atoms with van der Waals surface area (Å²) in [6.45, 7) is 5.10. The van der Waals surface area contributed by atoms with Crippen molar-refractivity contribution >= 4 is 34.3 Å². The Balaban J connectivity index is 0.000000257. The molecule has 3 aromatic heterocycles. The first kappa shape index (κ1) is 18.0. The summed E-state index contributed by atoms with van der Waals surface area (Å²) in [6.07, 6.45) is 6.38. The van der Waals surface area contributed by atoms with Crippen molar-refractivity contribution in [3.05, 3.63) is 17.0 Å². The molecule has 10 heteroatoms. The van der Waals surface area contributed by atoms with Crippen LogP contribution in [0.4, 0.5) is 11.6 Å². The molecule has 1 fully saturated rings. The van der Waals surface area contributed by atoms with Crippen LogP contribution in [0.5, 0.6) is 5.88 Å². The van der Waals surface area contributed by atoms with E-state index in [1.54, 1.807) is 10.9 Å². The van der Waals surface area contributed by atoms with E-state index < -0.39 is 0 Å². The molecule has 5 heterocycles. The number of halogens is 1. The van der Waals surface area contributed by atoms with Crippen LogP contribution in [-0.2, 0) is 11.3 Å². The lowest BCUT2D eigenvalue weighted by Gasteiger charge is -2.08. The maximum absolute atomic E-state index is 6.11. The van der Waals surface area contributed by atoms with Gasteiger partial charge >= 0.3 is 0 Å². The fourth-order valence-corrected chi connectivity index (χ4v) is 3.20. The molecule has 0 atom stereocenters. The number of H-pyrrole nitrogens is 1. The lowest BCUT2D eigenvalue weighted by molar-refractivity contribution is 0.0968. The molecule has 0 aliphatic carbocycles. The molecule has 2 aliphatic heterocycles. The fraction of sp³-hybridized carbons (Fsp3) is 0.529. The summed E-state index contributed by atoms with van der Waals surface area (Å²) < 4.78 is 12.5. The smallest absolute Gasteiger partial charge is 0.256 e. The highest BCUT2D eigenvalue weighted by atomic mass is 35.5. The Bertz CT molecular complexity index is 908. The van der Waals surface area contributed by atoms with Gasteiger partial charge in [-0.25, -0.2) is 9.67 Å². The minimum absolute atomic E-state index is 0.412. The summed E-state index contributed by atoms with van der Waals surface area (Å²) in [5.41, 5.74) is 2.31. The van der Waals surface area contributed by atoms with Gasteiger partial charge in [0.15, 0.2) is 10.8 Å². The normalized spacial score (nSPS) is 16.5. The molecule has 2 aliphatic rings. The topological polar surface area (TPSA) is 103 Å². The van der Waals surface area contributed by atoms with Crippen molar-refractivity contribution in [2.75, 3.05) is 25.1 Å². The number of hydrogen-bond donors (Lipinski definition) is 2. The highest BCUT2D eigenvalue weighted by Crippen LogP contribution is 2.29. The molecule has 0 unspecified atom stereocenters. The third kappa shape index (κ3) is 3.98. The second-order valence-electron chi connectivity index (χ2n) is 6.47.